The number of benzene rings is 1. The number of hydrogen-bond acceptors (Lipinski definition) is 6. The summed E-state index contributed by atoms with van der Waals surface area (Å²) in [5.41, 5.74) is 0.893. The molecule has 40 heavy (non-hydrogen) atoms. The van der Waals surface area contributed by atoms with Crippen molar-refractivity contribution in [3.8, 4) is 5.75 Å². The minimum absolute atomic E-state index is 0.0106. The number of hydrogen-bond donors (Lipinski definition) is 1. The summed E-state index contributed by atoms with van der Waals surface area (Å²) in [6.07, 6.45) is 9.19. The predicted molar refractivity (Wildman–Crippen MR) is 152 cm³/mol. The van der Waals surface area contributed by atoms with Crippen LogP contribution in [0.1, 0.15) is 44.1 Å². The molecule has 0 radical (unpaired) electrons. The van der Waals surface area contributed by atoms with E-state index in [0.29, 0.717) is 65.3 Å². The lowest BCUT2D eigenvalue weighted by Crippen LogP contribution is -2.49. The van der Waals surface area contributed by atoms with Gasteiger partial charge in [0.1, 0.15) is 18.9 Å². The molecule has 4 aliphatic heterocycles. The van der Waals surface area contributed by atoms with Crippen molar-refractivity contribution in [2.45, 2.75) is 45.1 Å². The highest BCUT2D eigenvalue weighted by Crippen LogP contribution is 2.29. The third kappa shape index (κ3) is 7.63. The van der Waals surface area contributed by atoms with E-state index in [0.717, 1.165) is 37.4 Å². The summed E-state index contributed by atoms with van der Waals surface area (Å²) in [5, 5.41) is 3.11. The zero-order valence-corrected chi connectivity index (χ0v) is 23.6. The van der Waals surface area contributed by atoms with Gasteiger partial charge in [-0.3, -0.25) is 14.4 Å². The molecule has 0 aromatic heterocycles. The Hall–Kier alpha value is -2.91. The van der Waals surface area contributed by atoms with Crippen LogP contribution in [-0.4, -0.2) is 98.1 Å². The summed E-state index contributed by atoms with van der Waals surface area (Å²) < 4.78 is 11.6. The molecule has 0 spiro atoms. The van der Waals surface area contributed by atoms with Crippen LogP contribution in [0.5, 0.6) is 5.75 Å². The largest absolute Gasteiger partial charge is 0.489 e. The first-order valence-electron chi connectivity index (χ1n) is 15.1. The number of likely N-dealkylation sites (tertiary alicyclic amines) is 1. The van der Waals surface area contributed by atoms with E-state index >= 15 is 0 Å². The number of para-hydroxylation sites is 1. The van der Waals surface area contributed by atoms with Crippen LogP contribution in [0.15, 0.2) is 36.4 Å². The average molecular weight is 553 g/mol. The number of amides is 3. The highest BCUT2D eigenvalue weighted by molar-refractivity contribution is 5.86. The van der Waals surface area contributed by atoms with Crippen LogP contribution >= 0.6 is 0 Å². The summed E-state index contributed by atoms with van der Waals surface area (Å²) in [5.74, 6) is 0.862. The van der Waals surface area contributed by atoms with Crippen LogP contribution in [0.25, 0.3) is 0 Å². The maximum atomic E-state index is 13.6. The molecule has 3 fully saturated rings. The van der Waals surface area contributed by atoms with Gasteiger partial charge in [0.2, 0.25) is 17.7 Å². The normalized spacial score (nSPS) is 25.6. The van der Waals surface area contributed by atoms with Gasteiger partial charge in [0.05, 0.1) is 0 Å². The van der Waals surface area contributed by atoms with E-state index in [9.17, 15) is 14.4 Å². The standard InChI is InChI=1S/C31H44N4O5/c36-29(32-12-16-33-13-3-4-14-33)20-25-9-15-34-21-26(25)7-5-17-40-28-8-2-1-6-27(28)22-35(23-30(34)37)31(38)24-10-18-39-19-11-24/h1-2,5-8,24-26H,3-4,9-23H2,(H,32,36)/b7-5-/t25-,26-/m0/s1. The topological polar surface area (TPSA) is 91.4 Å². The number of carbonyl (C=O) groups is 3. The lowest BCUT2D eigenvalue weighted by molar-refractivity contribution is -0.146. The van der Waals surface area contributed by atoms with Crippen molar-refractivity contribution in [3.63, 3.8) is 0 Å². The van der Waals surface area contributed by atoms with E-state index in [2.05, 4.69) is 16.3 Å². The lowest BCUT2D eigenvalue weighted by Gasteiger charge is -2.38. The third-order valence-electron chi connectivity index (χ3n) is 8.82. The Balaban J connectivity index is 1.27. The molecule has 4 aliphatic rings. The molecule has 1 aromatic rings. The average Bonchev–Trinajstić information content (AvgIpc) is 3.49. The monoisotopic (exact) mass is 552 g/mol. The summed E-state index contributed by atoms with van der Waals surface area (Å²) in [7, 11) is 0. The van der Waals surface area contributed by atoms with Crippen molar-refractivity contribution in [1.82, 2.24) is 20.0 Å². The number of nitrogens with one attached hydrogen (secondary N) is 1. The molecule has 0 saturated carbocycles. The lowest BCUT2D eigenvalue weighted by atomic mass is 9.82. The number of ether oxygens (including phenoxy) is 2. The van der Waals surface area contributed by atoms with Gasteiger partial charge in [-0.15, -0.1) is 0 Å². The molecule has 3 saturated heterocycles. The molecule has 9 heteroatoms. The Kier molecular flexibility index (Phi) is 10.1. The summed E-state index contributed by atoms with van der Waals surface area (Å²) in [4.78, 5) is 46.0. The molecule has 9 nitrogen and oxygen atoms in total. The second kappa shape index (κ2) is 14.1. The van der Waals surface area contributed by atoms with Gasteiger partial charge >= 0.3 is 0 Å². The number of carbonyl (C=O) groups excluding carboxylic acids is 3. The van der Waals surface area contributed by atoms with E-state index in [1.807, 2.05) is 35.2 Å². The minimum atomic E-state index is -0.130. The van der Waals surface area contributed by atoms with Crippen LogP contribution in [0.2, 0.25) is 0 Å². The van der Waals surface area contributed by atoms with E-state index in [1.165, 1.54) is 12.8 Å². The summed E-state index contributed by atoms with van der Waals surface area (Å²) in [6, 6.07) is 7.74. The van der Waals surface area contributed by atoms with Crippen LogP contribution in [0.3, 0.4) is 0 Å². The molecule has 0 aliphatic carbocycles. The smallest absolute Gasteiger partial charge is 0.242 e. The molecule has 3 amide bonds. The zero-order valence-electron chi connectivity index (χ0n) is 23.6. The first-order valence-corrected chi connectivity index (χ1v) is 15.1. The van der Waals surface area contributed by atoms with Gasteiger partial charge in [0, 0.05) is 63.8 Å². The molecular formula is C31H44N4O5. The highest BCUT2D eigenvalue weighted by Gasteiger charge is 2.34. The van der Waals surface area contributed by atoms with E-state index in [4.69, 9.17) is 9.47 Å². The highest BCUT2D eigenvalue weighted by atomic mass is 16.5. The first kappa shape index (κ1) is 28.6. The maximum absolute atomic E-state index is 13.6. The van der Waals surface area contributed by atoms with Crippen LogP contribution in [0.4, 0.5) is 0 Å². The summed E-state index contributed by atoms with van der Waals surface area (Å²) in [6.45, 7) is 6.90. The number of nitrogens with zero attached hydrogens (tertiary/aromatic N) is 3. The van der Waals surface area contributed by atoms with E-state index in [-0.39, 0.29) is 42.0 Å². The maximum Gasteiger partial charge on any atom is 0.242 e. The third-order valence-corrected chi connectivity index (χ3v) is 8.82. The number of piperidine rings is 1. The van der Waals surface area contributed by atoms with Gasteiger partial charge < -0.3 is 29.5 Å². The van der Waals surface area contributed by atoms with Gasteiger partial charge in [-0.05, 0) is 63.1 Å². The van der Waals surface area contributed by atoms with Crippen molar-refractivity contribution in [2.75, 3.05) is 65.6 Å². The fourth-order valence-electron chi connectivity index (χ4n) is 6.43. The Morgan fingerprint density at radius 2 is 1.80 bits per heavy atom. The van der Waals surface area contributed by atoms with Crippen LogP contribution < -0.4 is 10.1 Å². The van der Waals surface area contributed by atoms with Gasteiger partial charge in [-0.2, -0.15) is 0 Å². The molecule has 218 valence electrons. The SMILES string of the molecule is O=C(C[C@@H]1CCN2C[C@@H]1/C=C\COc1ccccc1CN(C(=O)C1CCOCC1)CC2=O)NCCN1CCCC1. The van der Waals surface area contributed by atoms with Gasteiger partial charge in [-0.25, -0.2) is 0 Å². The second-order valence-electron chi connectivity index (χ2n) is 11.6. The Morgan fingerprint density at radius 3 is 2.62 bits per heavy atom. The molecule has 2 atom stereocenters. The van der Waals surface area contributed by atoms with Crippen LogP contribution in [-0.2, 0) is 25.7 Å². The molecule has 1 N–H and O–H groups in total. The quantitative estimate of drug-likeness (QED) is 0.546. The number of fused-ring (bicyclic) bond motifs is 3. The van der Waals surface area contributed by atoms with E-state index < -0.39 is 0 Å². The van der Waals surface area contributed by atoms with Crippen molar-refractivity contribution in [2.24, 2.45) is 17.8 Å². The van der Waals surface area contributed by atoms with E-state index in [1.54, 1.807) is 4.90 Å². The molecule has 2 bridgehead atoms. The first-order chi connectivity index (χ1) is 19.6. The Labute approximate surface area is 237 Å². The fourth-order valence-corrected chi connectivity index (χ4v) is 6.43. The fraction of sp³-hybridized carbons (Fsp3) is 0.645. The minimum Gasteiger partial charge on any atom is -0.489 e. The van der Waals surface area contributed by atoms with Gasteiger partial charge in [0.25, 0.3) is 0 Å². The second-order valence-corrected chi connectivity index (χ2v) is 11.6. The summed E-state index contributed by atoms with van der Waals surface area (Å²) >= 11 is 0. The van der Waals surface area contributed by atoms with Crippen molar-refractivity contribution in [1.29, 1.82) is 0 Å². The molecule has 4 heterocycles. The Morgan fingerprint density at radius 1 is 1.00 bits per heavy atom. The predicted octanol–water partition coefficient (Wildman–Crippen LogP) is 2.46. The molecule has 0 unspecified atom stereocenters. The van der Waals surface area contributed by atoms with Crippen molar-refractivity contribution < 1.29 is 23.9 Å². The Bertz CT molecular complexity index is 1050. The van der Waals surface area contributed by atoms with Crippen molar-refractivity contribution >= 4 is 17.7 Å². The van der Waals surface area contributed by atoms with Gasteiger partial charge in [-0.1, -0.05) is 30.4 Å². The molecule has 1 aromatic carbocycles. The van der Waals surface area contributed by atoms with Gasteiger partial charge in [0.15, 0.2) is 0 Å². The molecule has 5 rings (SSSR count). The zero-order chi connectivity index (χ0) is 27.7. The number of rotatable bonds is 6. The van der Waals surface area contributed by atoms with Crippen molar-refractivity contribution in [3.05, 3.63) is 42.0 Å². The molecular weight excluding hydrogens is 508 g/mol. The van der Waals surface area contributed by atoms with Crippen LogP contribution in [0, 0.1) is 17.8 Å².